The van der Waals surface area contributed by atoms with Crippen LogP contribution in [-0.4, -0.2) is 21.9 Å². The number of rotatable bonds is 1. The zero-order valence-corrected chi connectivity index (χ0v) is 8.25. The summed E-state index contributed by atoms with van der Waals surface area (Å²) in [6.45, 7) is 5.73. The third-order valence-electron chi connectivity index (χ3n) is 2.99. The van der Waals surface area contributed by atoms with Gasteiger partial charge in [-0.1, -0.05) is 13.3 Å². The number of aliphatic hydroxyl groups is 2. The molecule has 1 fully saturated rings. The highest BCUT2D eigenvalue weighted by Crippen LogP contribution is 2.35. The van der Waals surface area contributed by atoms with E-state index in [9.17, 15) is 10.2 Å². The van der Waals surface area contributed by atoms with Crippen LogP contribution in [0.25, 0.3) is 0 Å². The lowest BCUT2D eigenvalue weighted by atomic mass is 9.73. The SMILES string of the molecule is CC1CCC(C(C)(C)O)[C@H](O)C1. The van der Waals surface area contributed by atoms with Crippen molar-refractivity contribution in [2.45, 2.75) is 51.7 Å². The molecular weight excluding hydrogens is 152 g/mol. The van der Waals surface area contributed by atoms with Gasteiger partial charge in [0.15, 0.2) is 0 Å². The zero-order valence-electron chi connectivity index (χ0n) is 8.25. The molecule has 0 amide bonds. The largest absolute Gasteiger partial charge is 0.393 e. The number of hydrogen-bond acceptors (Lipinski definition) is 2. The summed E-state index contributed by atoms with van der Waals surface area (Å²) >= 11 is 0. The second-order valence-electron chi connectivity index (χ2n) is 4.75. The maximum Gasteiger partial charge on any atom is 0.0644 e. The van der Waals surface area contributed by atoms with Crippen molar-refractivity contribution in [3.05, 3.63) is 0 Å². The first kappa shape index (κ1) is 10.0. The molecule has 0 aromatic carbocycles. The highest BCUT2D eigenvalue weighted by atomic mass is 16.3. The van der Waals surface area contributed by atoms with Crippen molar-refractivity contribution in [3.63, 3.8) is 0 Å². The topological polar surface area (TPSA) is 40.5 Å². The molecule has 0 spiro atoms. The minimum Gasteiger partial charge on any atom is -0.393 e. The molecule has 0 aromatic rings. The minimum absolute atomic E-state index is 0.0636. The lowest BCUT2D eigenvalue weighted by Gasteiger charge is -2.38. The van der Waals surface area contributed by atoms with E-state index in [2.05, 4.69) is 6.92 Å². The van der Waals surface area contributed by atoms with Crippen LogP contribution < -0.4 is 0 Å². The molecule has 0 aromatic heterocycles. The van der Waals surface area contributed by atoms with Crippen molar-refractivity contribution < 1.29 is 10.2 Å². The van der Waals surface area contributed by atoms with Gasteiger partial charge in [-0.15, -0.1) is 0 Å². The zero-order chi connectivity index (χ0) is 9.35. The molecule has 0 radical (unpaired) electrons. The van der Waals surface area contributed by atoms with E-state index < -0.39 is 5.60 Å². The van der Waals surface area contributed by atoms with Crippen molar-refractivity contribution in [1.29, 1.82) is 0 Å². The van der Waals surface area contributed by atoms with Crippen LogP contribution in [0.5, 0.6) is 0 Å². The molecule has 2 nitrogen and oxygen atoms in total. The monoisotopic (exact) mass is 172 g/mol. The molecule has 2 N–H and O–H groups in total. The van der Waals surface area contributed by atoms with E-state index in [1.807, 2.05) is 0 Å². The molecule has 3 atom stereocenters. The van der Waals surface area contributed by atoms with Gasteiger partial charge in [0.25, 0.3) is 0 Å². The highest BCUT2D eigenvalue weighted by Gasteiger charge is 2.36. The van der Waals surface area contributed by atoms with E-state index >= 15 is 0 Å². The number of hydrogen-bond donors (Lipinski definition) is 2. The van der Waals surface area contributed by atoms with E-state index in [4.69, 9.17) is 0 Å². The van der Waals surface area contributed by atoms with E-state index in [1.165, 1.54) is 0 Å². The summed E-state index contributed by atoms with van der Waals surface area (Å²) in [6.07, 6.45) is 2.61. The van der Waals surface area contributed by atoms with Crippen molar-refractivity contribution in [2.75, 3.05) is 0 Å². The van der Waals surface area contributed by atoms with Crippen molar-refractivity contribution >= 4 is 0 Å². The van der Waals surface area contributed by atoms with Gasteiger partial charge in [0, 0.05) is 5.92 Å². The van der Waals surface area contributed by atoms with Crippen molar-refractivity contribution in [2.24, 2.45) is 11.8 Å². The minimum atomic E-state index is -0.723. The summed E-state index contributed by atoms with van der Waals surface area (Å²) in [4.78, 5) is 0. The van der Waals surface area contributed by atoms with Crippen LogP contribution >= 0.6 is 0 Å². The van der Waals surface area contributed by atoms with Gasteiger partial charge in [-0.3, -0.25) is 0 Å². The van der Waals surface area contributed by atoms with Crippen LogP contribution in [-0.2, 0) is 0 Å². The molecule has 0 saturated heterocycles. The van der Waals surface area contributed by atoms with Crippen LogP contribution in [0.2, 0.25) is 0 Å². The molecule has 1 aliphatic carbocycles. The average molecular weight is 172 g/mol. The molecule has 0 bridgehead atoms. The summed E-state index contributed by atoms with van der Waals surface area (Å²) < 4.78 is 0. The van der Waals surface area contributed by atoms with Gasteiger partial charge in [-0.25, -0.2) is 0 Å². The Morgan fingerprint density at radius 3 is 2.25 bits per heavy atom. The summed E-state index contributed by atoms with van der Waals surface area (Å²) in [7, 11) is 0. The van der Waals surface area contributed by atoms with Crippen LogP contribution in [0.4, 0.5) is 0 Å². The fourth-order valence-electron chi connectivity index (χ4n) is 2.17. The molecule has 2 heteroatoms. The van der Waals surface area contributed by atoms with Gasteiger partial charge >= 0.3 is 0 Å². The smallest absolute Gasteiger partial charge is 0.0644 e. The van der Waals surface area contributed by atoms with Gasteiger partial charge in [-0.05, 0) is 32.6 Å². The predicted octanol–water partition coefficient (Wildman–Crippen LogP) is 1.55. The maximum absolute atomic E-state index is 9.74. The Balaban J connectivity index is 2.57. The predicted molar refractivity (Wildman–Crippen MR) is 48.8 cm³/mol. The maximum atomic E-state index is 9.74. The first-order chi connectivity index (χ1) is 5.41. The average Bonchev–Trinajstić information content (AvgIpc) is 1.83. The Labute approximate surface area is 74.6 Å². The van der Waals surface area contributed by atoms with Crippen LogP contribution in [0.15, 0.2) is 0 Å². The molecule has 72 valence electrons. The number of aliphatic hydroxyl groups excluding tert-OH is 1. The fraction of sp³-hybridized carbons (Fsp3) is 1.00. The second kappa shape index (κ2) is 3.35. The molecular formula is C10H20O2. The van der Waals surface area contributed by atoms with Gasteiger partial charge in [-0.2, -0.15) is 0 Å². The van der Waals surface area contributed by atoms with E-state index in [1.54, 1.807) is 13.8 Å². The third kappa shape index (κ3) is 2.20. The molecule has 12 heavy (non-hydrogen) atoms. The van der Waals surface area contributed by atoms with E-state index in [0.717, 1.165) is 19.3 Å². The quantitative estimate of drug-likeness (QED) is 0.630. The molecule has 1 rings (SSSR count). The molecule has 1 aliphatic rings. The Morgan fingerprint density at radius 1 is 1.25 bits per heavy atom. The second-order valence-corrected chi connectivity index (χ2v) is 4.75. The molecule has 2 unspecified atom stereocenters. The lowest BCUT2D eigenvalue weighted by Crippen LogP contribution is -2.42. The summed E-state index contributed by atoms with van der Waals surface area (Å²) in [5.74, 6) is 0.673. The first-order valence-corrected chi connectivity index (χ1v) is 4.81. The summed E-state index contributed by atoms with van der Waals surface area (Å²) in [6, 6.07) is 0. The van der Waals surface area contributed by atoms with Crippen molar-refractivity contribution in [3.8, 4) is 0 Å². The summed E-state index contributed by atoms with van der Waals surface area (Å²) in [5, 5.41) is 19.5. The van der Waals surface area contributed by atoms with Crippen LogP contribution in [0, 0.1) is 11.8 Å². The molecule has 0 aliphatic heterocycles. The van der Waals surface area contributed by atoms with Crippen LogP contribution in [0.3, 0.4) is 0 Å². The van der Waals surface area contributed by atoms with E-state index in [-0.39, 0.29) is 12.0 Å². The third-order valence-corrected chi connectivity index (χ3v) is 2.99. The molecule has 1 saturated carbocycles. The van der Waals surface area contributed by atoms with Gasteiger partial charge < -0.3 is 10.2 Å². The van der Waals surface area contributed by atoms with Gasteiger partial charge in [0.2, 0.25) is 0 Å². The highest BCUT2D eigenvalue weighted by molar-refractivity contribution is 4.87. The van der Waals surface area contributed by atoms with Gasteiger partial charge in [0.1, 0.15) is 0 Å². The Kier molecular flexibility index (Phi) is 2.79. The Morgan fingerprint density at radius 2 is 1.83 bits per heavy atom. The normalized spacial score (nSPS) is 38.2. The lowest BCUT2D eigenvalue weighted by molar-refractivity contribution is -0.0730. The van der Waals surface area contributed by atoms with E-state index in [0.29, 0.717) is 5.92 Å². The van der Waals surface area contributed by atoms with Gasteiger partial charge in [0.05, 0.1) is 11.7 Å². The Hall–Kier alpha value is -0.0800. The van der Waals surface area contributed by atoms with Crippen LogP contribution in [0.1, 0.15) is 40.0 Å². The Bertz CT molecular complexity index is 148. The standard InChI is InChI=1S/C10H20O2/c1-7-4-5-8(9(11)6-7)10(2,3)12/h7-9,11-12H,4-6H2,1-3H3/t7?,8?,9-/m1/s1. The molecule has 0 heterocycles. The fourth-order valence-corrected chi connectivity index (χ4v) is 2.17. The summed E-state index contributed by atoms with van der Waals surface area (Å²) in [5.41, 5.74) is -0.723. The first-order valence-electron chi connectivity index (χ1n) is 4.81. The van der Waals surface area contributed by atoms with Crippen molar-refractivity contribution in [1.82, 2.24) is 0 Å².